The maximum Gasteiger partial charge on any atom is 0.248 e. The highest BCUT2D eigenvalue weighted by molar-refractivity contribution is 6.04. The summed E-state index contributed by atoms with van der Waals surface area (Å²) in [4.78, 5) is 13.8. The van der Waals surface area contributed by atoms with E-state index in [9.17, 15) is 9.18 Å². The summed E-state index contributed by atoms with van der Waals surface area (Å²) < 4.78 is 13.4. The molecule has 1 amide bonds. The molecule has 2 N–H and O–H groups in total. The van der Waals surface area contributed by atoms with Crippen molar-refractivity contribution in [3.8, 4) is 11.1 Å². The van der Waals surface area contributed by atoms with Crippen molar-refractivity contribution in [2.45, 2.75) is 6.04 Å². The van der Waals surface area contributed by atoms with Crippen LogP contribution in [-0.4, -0.2) is 13.0 Å². The van der Waals surface area contributed by atoms with Crippen LogP contribution in [0.25, 0.3) is 11.1 Å². The molecule has 0 aliphatic carbocycles. The zero-order valence-corrected chi connectivity index (χ0v) is 10.4. The summed E-state index contributed by atoms with van der Waals surface area (Å²) in [5.41, 5.74) is 8.98. The van der Waals surface area contributed by atoms with Crippen molar-refractivity contribution in [2.24, 2.45) is 5.73 Å². The molecule has 1 aliphatic rings. The smallest absolute Gasteiger partial charge is 0.248 e. The number of amides is 1. The Kier molecular flexibility index (Phi) is 2.61. The molecule has 0 unspecified atom stereocenters. The number of benzene rings is 2. The lowest BCUT2D eigenvalue weighted by Crippen LogP contribution is -2.34. The van der Waals surface area contributed by atoms with E-state index in [1.807, 2.05) is 24.3 Å². The predicted octanol–water partition coefficient (Wildman–Crippen LogP) is 2.47. The minimum absolute atomic E-state index is 0.239. The lowest BCUT2D eigenvalue weighted by Gasteiger charge is -2.19. The highest BCUT2D eigenvalue weighted by Gasteiger charge is 2.29. The summed E-state index contributed by atoms with van der Waals surface area (Å²) in [6.45, 7) is 0. The van der Waals surface area contributed by atoms with Crippen molar-refractivity contribution in [2.75, 3.05) is 11.9 Å². The van der Waals surface area contributed by atoms with Crippen molar-refractivity contribution >= 4 is 11.6 Å². The average Bonchev–Trinajstić information content (AvgIpc) is 2.51. The van der Waals surface area contributed by atoms with Crippen molar-refractivity contribution < 1.29 is 9.18 Å². The van der Waals surface area contributed by atoms with Crippen LogP contribution in [0.3, 0.4) is 0 Å². The number of carbonyl (C=O) groups is 1. The number of anilines is 1. The van der Waals surface area contributed by atoms with Crippen LogP contribution in [0, 0.1) is 5.82 Å². The Morgan fingerprint density at radius 3 is 2.68 bits per heavy atom. The number of fused-ring (bicyclic) bond motifs is 3. The number of nitrogens with two attached hydrogens (primary N) is 1. The van der Waals surface area contributed by atoms with Crippen LogP contribution >= 0.6 is 0 Å². The first-order valence-corrected chi connectivity index (χ1v) is 6.01. The second kappa shape index (κ2) is 4.17. The van der Waals surface area contributed by atoms with Crippen LogP contribution in [0.2, 0.25) is 0 Å². The molecule has 0 radical (unpaired) electrons. The van der Waals surface area contributed by atoms with Gasteiger partial charge in [-0.2, -0.15) is 0 Å². The quantitative estimate of drug-likeness (QED) is 0.787. The molecule has 3 nitrogen and oxygen atoms in total. The Morgan fingerprint density at radius 1 is 1.16 bits per heavy atom. The van der Waals surface area contributed by atoms with E-state index in [1.54, 1.807) is 13.1 Å². The van der Waals surface area contributed by atoms with Gasteiger partial charge in [-0.1, -0.05) is 24.3 Å². The molecule has 2 aromatic carbocycles. The van der Waals surface area contributed by atoms with Crippen molar-refractivity contribution in [1.29, 1.82) is 0 Å². The third kappa shape index (κ3) is 1.72. The standard InChI is InChI=1S/C15H13FN2O/c1-18-13-5-3-2-4-11(13)10-7-6-9(16)8-12(10)14(17)15(18)19/h2-8,14H,17H2,1H3/t14-/m0/s1. The van der Waals surface area contributed by atoms with Crippen LogP contribution in [0.5, 0.6) is 0 Å². The largest absolute Gasteiger partial charge is 0.316 e. The molecule has 96 valence electrons. The summed E-state index contributed by atoms with van der Waals surface area (Å²) in [7, 11) is 1.68. The molecule has 0 fully saturated rings. The van der Waals surface area contributed by atoms with Gasteiger partial charge in [0.1, 0.15) is 11.9 Å². The summed E-state index contributed by atoms with van der Waals surface area (Å²) >= 11 is 0. The van der Waals surface area contributed by atoms with E-state index in [1.165, 1.54) is 17.0 Å². The monoisotopic (exact) mass is 256 g/mol. The minimum Gasteiger partial charge on any atom is -0.316 e. The van der Waals surface area contributed by atoms with Crippen LogP contribution in [0.1, 0.15) is 11.6 Å². The Hall–Kier alpha value is -2.20. The first-order valence-electron chi connectivity index (χ1n) is 6.01. The summed E-state index contributed by atoms with van der Waals surface area (Å²) in [6, 6.07) is 11.1. The van der Waals surface area contributed by atoms with Crippen LogP contribution < -0.4 is 10.6 Å². The molecule has 3 rings (SSSR count). The molecule has 1 atom stereocenters. The molecule has 0 aromatic heterocycles. The molecular weight excluding hydrogens is 243 g/mol. The van der Waals surface area contributed by atoms with Gasteiger partial charge in [-0.25, -0.2) is 4.39 Å². The first kappa shape index (κ1) is 11.9. The highest BCUT2D eigenvalue weighted by atomic mass is 19.1. The third-order valence-corrected chi connectivity index (χ3v) is 3.50. The predicted molar refractivity (Wildman–Crippen MR) is 72.2 cm³/mol. The zero-order chi connectivity index (χ0) is 13.6. The Bertz CT molecular complexity index is 669. The molecular formula is C15H13FN2O. The fourth-order valence-electron chi connectivity index (χ4n) is 2.49. The van der Waals surface area contributed by atoms with Crippen molar-refractivity contribution in [1.82, 2.24) is 0 Å². The number of para-hydroxylation sites is 1. The molecule has 0 spiro atoms. The summed E-state index contributed by atoms with van der Waals surface area (Å²) in [5, 5.41) is 0. The fraction of sp³-hybridized carbons (Fsp3) is 0.133. The molecule has 0 saturated heterocycles. The van der Waals surface area contributed by atoms with Crippen molar-refractivity contribution in [3.05, 3.63) is 53.8 Å². The minimum atomic E-state index is -0.844. The van der Waals surface area contributed by atoms with Crippen LogP contribution in [0.15, 0.2) is 42.5 Å². The lowest BCUT2D eigenvalue weighted by molar-refractivity contribution is -0.119. The van der Waals surface area contributed by atoms with Gasteiger partial charge in [0.25, 0.3) is 0 Å². The first-order chi connectivity index (χ1) is 9.09. The van der Waals surface area contributed by atoms with Gasteiger partial charge in [-0.15, -0.1) is 0 Å². The second-order valence-electron chi connectivity index (χ2n) is 4.62. The molecule has 1 aliphatic heterocycles. The van der Waals surface area contributed by atoms with Gasteiger partial charge in [0.15, 0.2) is 0 Å². The lowest BCUT2D eigenvalue weighted by atomic mass is 9.95. The van der Waals surface area contributed by atoms with Gasteiger partial charge in [0, 0.05) is 12.6 Å². The van der Waals surface area contributed by atoms with E-state index < -0.39 is 6.04 Å². The molecule has 19 heavy (non-hydrogen) atoms. The van der Waals surface area contributed by atoms with Gasteiger partial charge in [-0.3, -0.25) is 4.79 Å². The fourth-order valence-corrected chi connectivity index (χ4v) is 2.49. The van der Waals surface area contributed by atoms with E-state index >= 15 is 0 Å². The Morgan fingerprint density at radius 2 is 1.89 bits per heavy atom. The Balaban J connectivity index is 2.36. The summed E-state index contributed by atoms with van der Waals surface area (Å²) in [6.07, 6.45) is 0. The molecule has 0 saturated carbocycles. The SMILES string of the molecule is CN1C(=O)[C@@H](N)c2cc(F)ccc2-c2ccccc21. The van der Waals surface area contributed by atoms with E-state index in [-0.39, 0.29) is 11.7 Å². The second-order valence-corrected chi connectivity index (χ2v) is 4.62. The number of carbonyl (C=O) groups excluding carboxylic acids is 1. The maximum absolute atomic E-state index is 13.4. The molecule has 1 heterocycles. The average molecular weight is 256 g/mol. The topological polar surface area (TPSA) is 46.3 Å². The number of nitrogens with zero attached hydrogens (tertiary/aromatic N) is 1. The highest BCUT2D eigenvalue weighted by Crippen LogP contribution is 2.38. The maximum atomic E-state index is 13.4. The van der Waals surface area contributed by atoms with Crippen LogP contribution in [0.4, 0.5) is 10.1 Å². The molecule has 4 heteroatoms. The third-order valence-electron chi connectivity index (χ3n) is 3.50. The summed E-state index contributed by atoms with van der Waals surface area (Å²) in [5.74, 6) is -0.624. The van der Waals surface area contributed by atoms with Crippen LogP contribution in [-0.2, 0) is 4.79 Å². The normalized spacial score (nSPS) is 17.7. The molecule has 2 aromatic rings. The van der Waals surface area contributed by atoms with Crippen molar-refractivity contribution in [3.63, 3.8) is 0 Å². The van der Waals surface area contributed by atoms with E-state index in [4.69, 9.17) is 5.73 Å². The number of rotatable bonds is 0. The molecule has 0 bridgehead atoms. The number of likely N-dealkylation sites (N-methyl/N-ethyl adjacent to an activating group) is 1. The van der Waals surface area contributed by atoms with Gasteiger partial charge < -0.3 is 10.6 Å². The van der Waals surface area contributed by atoms with Gasteiger partial charge in [-0.05, 0) is 29.3 Å². The number of hydrogen-bond acceptors (Lipinski definition) is 2. The zero-order valence-electron chi connectivity index (χ0n) is 10.4. The van der Waals surface area contributed by atoms with E-state index in [0.29, 0.717) is 5.56 Å². The van der Waals surface area contributed by atoms with E-state index in [0.717, 1.165) is 16.8 Å². The van der Waals surface area contributed by atoms with Gasteiger partial charge >= 0.3 is 0 Å². The van der Waals surface area contributed by atoms with E-state index in [2.05, 4.69) is 0 Å². The Labute approximate surface area is 110 Å². The number of halogens is 1. The van der Waals surface area contributed by atoms with Gasteiger partial charge in [0.2, 0.25) is 5.91 Å². The van der Waals surface area contributed by atoms with Gasteiger partial charge in [0.05, 0.1) is 5.69 Å². The number of hydrogen-bond donors (Lipinski definition) is 1.